The Morgan fingerprint density at radius 3 is 2.45 bits per heavy atom. The van der Waals surface area contributed by atoms with Crippen LogP contribution >= 0.6 is 0 Å². The Morgan fingerprint density at radius 2 is 2.18 bits per heavy atom. The number of hydrogen-bond acceptors (Lipinski definition) is 2. The zero-order chi connectivity index (χ0) is 8.65. The van der Waals surface area contributed by atoms with Crippen LogP contribution in [0.1, 0.15) is 20.8 Å². The molecule has 0 heterocycles. The highest BCUT2D eigenvalue weighted by molar-refractivity contribution is 5.21. The lowest BCUT2D eigenvalue weighted by atomic mass is 9.66. The van der Waals surface area contributed by atoms with Crippen molar-refractivity contribution >= 4 is 0 Å². The maximum absolute atomic E-state index is 9.10. The Labute approximate surface area is 67.2 Å². The fraction of sp³-hybridized carbons (Fsp3) is 0.667. The molecule has 2 heteroatoms. The summed E-state index contributed by atoms with van der Waals surface area (Å²) in [6.45, 7) is 5.74. The predicted molar refractivity (Wildman–Crippen MR) is 42.8 cm³/mol. The molecule has 0 radical (unpaired) electrons. The largest absolute Gasteiger partial charge is 0.512 e. The van der Waals surface area contributed by atoms with Gasteiger partial charge in [-0.25, -0.2) is 0 Å². The van der Waals surface area contributed by atoms with Crippen molar-refractivity contribution in [3.8, 4) is 6.07 Å². The van der Waals surface area contributed by atoms with Crippen molar-refractivity contribution in [3.05, 3.63) is 11.8 Å². The van der Waals surface area contributed by atoms with Gasteiger partial charge in [-0.05, 0) is 19.9 Å². The summed E-state index contributed by atoms with van der Waals surface area (Å²) < 4.78 is 0. The second kappa shape index (κ2) is 2.27. The van der Waals surface area contributed by atoms with Crippen molar-refractivity contribution < 1.29 is 5.11 Å². The first-order valence-corrected chi connectivity index (χ1v) is 3.81. The molecule has 0 amide bonds. The molecular weight excluding hydrogens is 138 g/mol. The molecule has 11 heavy (non-hydrogen) atoms. The van der Waals surface area contributed by atoms with E-state index in [1.807, 2.05) is 20.8 Å². The van der Waals surface area contributed by atoms with Crippen LogP contribution in [0.2, 0.25) is 0 Å². The number of aliphatic hydroxyl groups is 1. The molecule has 1 unspecified atom stereocenters. The van der Waals surface area contributed by atoms with Crippen LogP contribution in [0.15, 0.2) is 11.8 Å². The summed E-state index contributed by atoms with van der Waals surface area (Å²) >= 11 is 0. The minimum Gasteiger partial charge on any atom is -0.512 e. The summed E-state index contributed by atoms with van der Waals surface area (Å²) in [4.78, 5) is 0. The molecule has 0 aliphatic heterocycles. The molecule has 0 bridgehead atoms. The fourth-order valence-corrected chi connectivity index (χ4v) is 1.45. The standard InChI is InChI=1S/C9H13NO/c1-6-7(4-8(6)11)9(2,3)5-10/h4,6-7,11H,1-3H3/t6-,7?/m0/s1. The molecule has 2 nitrogen and oxygen atoms in total. The third kappa shape index (κ3) is 1.11. The molecule has 0 aromatic heterocycles. The summed E-state index contributed by atoms with van der Waals surface area (Å²) in [6, 6.07) is 2.24. The van der Waals surface area contributed by atoms with E-state index in [1.54, 1.807) is 6.08 Å². The van der Waals surface area contributed by atoms with Gasteiger partial charge in [0.05, 0.1) is 17.2 Å². The first-order chi connectivity index (χ1) is 4.99. The van der Waals surface area contributed by atoms with Gasteiger partial charge in [-0.2, -0.15) is 5.26 Å². The van der Waals surface area contributed by atoms with Gasteiger partial charge in [0.1, 0.15) is 0 Å². The molecular formula is C9H13NO. The molecule has 0 fully saturated rings. The van der Waals surface area contributed by atoms with Crippen LogP contribution in [0.25, 0.3) is 0 Å². The van der Waals surface area contributed by atoms with Gasteiger partial charge in [-0.15, -0.1) is 0 Å². The third-order valence-electron chi connectivity index (χ3n) is 2.48. The number of allylic oxidation sites excluding steroid dienone is 2. The molecule has 0 aromatic rings. The first kappa shape index (κ1) is 8.13. The summed E-state index contributed by atoms with van der Waals surface area (Å²) in [5.41, 5.74) is -0.342. The topological polar surface area (TPSA) is 44.0 Å². The van der Waals surface area contributed by atoms with E-state index in [0.717, 1.165) is 0 Å². The Balaban J connectivity index is 2.76. The smallest absolute Gasteiger partial charge is 0.0921 e. The molecule has 2 atom stereocenters. The van der Waals surface area contributed by atoms with Crippen LogP contribution < -0.4 is 0 Å². The Morgan fingerprint density at radius 1 is 1.64 bits per heavy atom. The minimum atomic E-state index is -0.342. The minimum absolute atomic E-state index is 0.157. The van der Waals surface area contributed by atoms with Crippen LogP contribution in [0.5, 0.6) is 0 Å². The lowest BCUT2D eigenvalue weighted by Crippen LogP contribution is -2.34. The lowest BCUT2D eigenvalue weighted by Gasteiger charge is -2.37. The van der Waals surface area contributed by atoms with E-state index in [0.29, 0.717) is 5.76 Å². The Kier molecular flexibility index (Phi) is 1.67. The zero-order valence-electron chi connectivity index (χ0n) is 7.13. The molecule has 0 saturated heterocycles. The monoisotopic (exact) mass is 151 g/mol. The van der Waals surface area contributed by atoms with Crippen molar-refractivity contribution in [2.45, 2.75) is 20.8 Å². The average molecular weight is 151 g/mol. The molecule has 0 aromatic carbocycles. The molecule has 60 valence electrons. The first-order valence-electron chi connectivity index (χ1n) is 3.81. The van der Waals surface area contributed by atoms with Crippen molar-refractivity contribution in [2.24, 2.45) is 17.3 Å². The van der Waals surface area contributed by atoms with E-state index in [4.69, 9.17) is 10.4 Å². The molecule has 0 saturated carbocycles. The van der Waals surface area contributed by atoms with E-state index >= 15 is 0 Å². The molecule has 1 N–H and O–H groups in total. The van der Waals surface area contributed by atoms with Crippen molar-refractivity contribution in [1.29, 1.82) is 5.26 Å². The number of aliphatic hydroxyl groups excluding tert-OH is 1. The van der Waals surface area contributed by atoms with Crippen molar-refractivity contribution in [1.82, 2.24) is 0 Å². The molecule has 1 aliphatic carbocycles. The van der Waals surface area contributed by atoms with E-state index in [2.05, 4.69) is 6.07 Å². The van der Waals surface area contributed by atoms with Gasteiger partial charge >= 0.3 is 0 Å². The molecule has 1 aliphatic rings. The van der Waals surface area contributed by atoms with E-state index in [1.165, 1.54) is 0 Å². The Hall–Kier alpha value is -0.970. The summed E-state index contributed by atoms with van der Waals surface area (Å²) in [6.07, 6.45) is 1.77. The van der Waals surface area contributed by atoms with Crippen LogP contribution in [-0.4, -0.2) is 5.11 Å². The summed E-state index contributed by atoms with van der Waals surface area (Å²) in [5.74, 6) is 0.801. The maximum Gasteiger partial charge on any atom is 0.0921 e. The number of hydrogen-bond donors (Lipinski definition) is 1. The van der Waals surface area contributed by atoms with E-state index in [-0.39, 0.29) is 17.3 Å². The highest BCUT2D eigenvalue weighted by Crippen LogP contribution is 2.43. The maximum atomic E-state index is 9.10. The van der Waals surface area contributed by atoms with Gasteiger partial charge in [0.25, 0.3) is 0 Å². The number of nitrogens with zero attached hydrogens (tertiary/aromatic N) is 1. The SMILES string of the molecule is C[C@@H]1C(O)=CC1C(C)(C)C#N. The van der Waals surface area contributed by atoms with E-state index < -0.39 is 0 Å². The van der Waals surface area contributed by atoms with Crippen molar-refractivity contribution in [3.63, 3.8) is 0 Å². The van der Waals surface area contributed by atoms with Crippen LogP contribution in [-0.2, 0) is 0 Å². The molecule has 1 rings (SSSR count). The van der Waals surface area contributed by atoms with Crippen LogP contribution in [0.3, 0.4) is 0 Å². The average Bonchev–Trinajstić information content (AvgIpc) is 1.99. The predicted octanol–water partition coefficient (Wildman–Crippen LogP) is 2.24. The Bertz CT molecular complexity index is 234. The van der Waals surface area contributed by atoms with Crippen LogP contribution in [0, 0.1) is 28.6 Å². The second-order valence-corrected chi connectivity index (χ2v) is 3.74. The van der Waals surface area contributed by atoms with Gasteiger partial charge in [-0.3, -0.25) is 0 Å². The van der Waals surface area contributed by atoms with Gasteiger partial charge in [0.2, 0.25) is 0 Å². The number of rotatable bonds is 1. The second-order valence-electron chi connectivity index (χ2n) is 3.74. The normalized spacial score (nSPS) is 30.2. The van der Waals surface area contributed by atoms with Gasteiger partial charge < -0.3 is 5.11 Å². The van der Waals surface area contributed by atoms with Crippen LogP contribution in [0.4, 0.5) is 0 Å². The third-order valence-corrected chi connectivity index (χ3v) is 2.48. The van der Waals surface area contributed by atoms with Crippen molar-refractivity contribution in [2.75, 3.05) is 0 Å². The number of nitriles is 1. The van der Waals surface area contributed by atoms with Gasteiger partial charge in [0.15, 0.2) is 0 Å². The lowest BCUT2D eigenvalue weighted by molar-refractivity contribution is 0.174. The van der Waals surface area contributed by atoms with Gasteiger partial charge in [-0.1, -0.05) is 6.92 Å². The van der Waals surface area contributed by atoms with Gasteiger partial charge in [0, 0.05) is 11.8 Å². The molecule has 0 spiro atoms. The fourth-order valence-electron chi connectivity index (χ4n) is 1.45. The highest BCUT2D eigenvalue weighted by Gasteiger charge is 2.40. The zero-order valence-corrected chi connectivity index (χ0v) is 7.13. The quantitative estimate of drug-likeness (QED) is 0.624. The summed E-state index contributed by atoms with van der Waals surface area (Å²) in [5, 5.41) is 17.9. The summed E-state index contributed by atoms with van der Waals surface area (Å²) in [7, 11) is 0. The highest BCUT2D eigenvalue weighted by atomic mass is 16.3. The van der Waals surface area contributed by atoms with E-state index in [9.17, 15) is 0 Å².